The van der Waals surface area contributed by atoms with E-state index < -0.39 is 22.3 Å². The Morgan fingerprint density at radius 3 is 2.43 bits per heavy atom. The third-order valence-corrected chi connectivity index (χ3v) is 3.80. The number of hydrogen-bond acceptors (Lipinski definition) is 7. The molecule has 142 valence electrons. The SMILES string of the molecule is Cc1ccccc1Nc1ncnc(NNC(=O)c2ccc(F)cc2)c1[N+](=O)[O-]. The molecule has 3 N–H and O–H groups in total. The molecule has 1 heterocycles. The van der Waals surface area contributed by atoms with Crippen LogP contribution in [0.25, 0.3) is 0 Å². The molecule has 0 aliphatic rings. The Morgan fingerprint density at radius 1 is 1.07 bits per heavy atom. The quantitative estimate of drug-likeness (QED) is 0.441. The Morgan fingerprint density at radius 2 is 1.75 bits per heavy atom. The highest BCUT2D eigenvalue weighted by Crippen LogP contribution is 2.31. The maximum absolute atomic E-state index is 12.9. The molecule has 0 saturated heterocycles. The summed E-state index contributed by atoms with van der Waals surface area (Å²) in [5, 5.41) is 14.5. The van der Waals surface area contributed by atoms with Crippen LogP contribution in [0.1, 0.15) is 15.9 Å². The Bertz CT molecular complexity index is 1030. The second kappa shape index (κ2) is 8.08. The number of nitro groups is 1. The van der Waals surface area contributed by atoms with Gasteiger partial charge in [0, 0.05) is 11.3 Å². The van der Waals surface area contributed by atoms with E-state index in [1.165, 1.54) is 12.1 Å². The van der Waals surface area contributed by atoms with E-state index >= 15 is 0 Å². The lowest BCUT2D eigenvalue weighted by Gasteiger charge is -2.12. The number of nitrogens with zero attached hydrogens (tertiary/aromatic N) is 3. The minimum absolute atomic E-state index is 0.0344. The average Bonchev–Trinajstić information content (AvgIpc) is 2.68. The van der Waals surface area contributed by atoms with Crippen LogP contribution in [0.4, 0.5) is 27.4 Å². The summed E-state index contributed by atoms with van der Waals surface area (Å²) >= 11 is 0. The van der Waals surface area contributed by atoms with Crippen LogP contribution in [0.5, 0.6) is 0 Å². The molecule has 0 saturated carbocycles. The summed E-state index contributed by atoms with van der Waals surface area (Å²) in [5.74, 6) is -1.33. The number of nitrogens with one attached hydrogen (secondary N) is 3. The van der Waals surface area contributed by atoms with Gasteiger partial charge in [0.15, 0.2) is 0 Å². The molecule has 0 atom stereocenters. The summed E-state index contributed by atoms with van der Waals surface area (Å²) in [6, 6.07) is 12.1. The molecule has 1 amide bonds. The van der Waals surface area contributed by atoms with Crippen LogP contribution in [0.15, 0.2) is 54.9 Å². The van der Waals surface area contributed by atoms with Crippen molar-refractivity contribution >= 4 is 28.9 Å². The molecule has 2 aromatic carbocycles. The minimum atomic E-state index is -0.660. The van der Waals surface area contributed by atoms with Gasteiger partial charge in [-0.2, -0.15) is 0 Å². The largest absolute Gasteiger partial charge is 0.355 e. The van der Waals surface area contributed by atoms with Gasteiger partial charge in [-0.3, -0.25) is 25.8 Å². The van der Waals surface area contributed by atoms with Gasteiger partial charge in [-0.1, -0.05) is 18.2 Å². The number of para-hydroxylation sites is 1. The van der Waals surface area contributed by atoms with Crippen molar-refractivity contribution in [2.45, 2.75) is 6.92 Å². The van der Waals surface area contributed by atoms with Gasteiger partial charge in [-0.15, -0.1) is 0 Å². The Kier molecular flexibility index (Phi) is 5.40. The molecule has 0 fully saturated rings. The molecule has 0 aliphatic carbocycles. The van der Waals surface area contributed by atoms with Crippen LogP contribution >= 0.6 is 0 Å². The van der Waals surface area contributed by atoms with E-state index in [-0.39, 0.29) is 17.2 Å². The molecule has 1 aromatic heterocycles. The van der Waals surface area contributed by atoms with Gasteiger partial charge in [0.1, 0.15) is 12.1 Å². The van der Waals surface area contributed by atoms with Crippen molar-refractivity contribution in [1.29, 1.82) is 0 Å². The number of hydrogen-bond donors (Lipinski definition) is 3. The summed E-state index contributed by atoms with van der Waals surface area (Å²) in [6.45, 7) is 1.84. The molecule has 9 nitrogen and oxygen atoms in total. The van der Waals surface area contributed by atoms with Gasteiger partial charge in [0.25, 0.3) is 5.91 Å². The van der Waals surface area contributed by atoms with Gasteiger partial charge in [-0.25, -0.2) is 14.4 Å². The third kappa shape index (κ3) is 4.18. The van der Waals surface area contributed by atoms with Crippen LogP contribution in [-0.2, 0) is 0 Å². The predicted octanol–water partition coefficient (Wildman–Crippen LogP) is 3.33. The zero-order valence-electron chi connectivity index (χ0n) is 14.6. The highest BCUT2D eigenvalue weighted by molar-refractivity contribution is 5.95. The molecular weight excluding hydrogens is 367 g/mol. The van der Waals surface area contributed by atoms with Crippen LogP contribution in [-0.4, -0.2) is 20.8 Å². The van der Waals surface area contributed by atoms with Crippen molar-refractivity contribution in [3.63, 3.8) is 0 Å². The average molecular weight is 382 g/mol. The Labute approximate surface area is 158 Å². The predicted molar refractivity (Wildman–Crippen MR) is 101 cm³/mol. The number of hydrazine groups is 1. The number of carbonyl (C=O) groups excluding carboxylic acids is 1. The van der Waals surface area contributed by atoms with Crippen molar-refractivity contribution in [2.24, 2.45) is 0 Å². The van der Waals surface area contributed by atoms with E-state index in [9.17, 15) is 19.3 Å². The van der Waals surface area contributed by atoms with E-state index in [4.69, 9.17) is 0 Å². The first-order chi connectivity index (χ1) is 13.5. The van der Waals surface area contributed by atoms with Crippen molar-refractivity contribution in [3.05, 3.63) is 81.9 Å². The van der Waals surface area contributed by atoms with Crippen molar-refractivity contribution in [1.82, 2.24) is 15.4 Å². The monoisotopic (exact) mass is 382 g/mol. The van der Waals surface area contributed by atoms with Gasteiger partial charge in [0.05, 0.1) is 4.92 Å². The molecule has 0 aliphatic heterocycles. The van der Waals surface area contributed by atoms with Crippen LogP contribution in [0.3, 0.4) is 0 Å². The first-order valence-corrected chi connectivity index (χ1v) is 8.09. The molecule has 3 rings (SSSR count). The van der Waals surface area contributed by atoms with Gasteiger partial charge < -0.3 is 5.32 Å². The van der Waals surface area contributed by atoms with E-state index in [0.29, 0.717) is 5.69 Å². The fourth-order valence-electron chi connectivity index (χ4n) is 2.36. The molecule has 10 heteroatoms. The van der Waals surface area contributed by atoms with Crippen LogP contribution < -0.4 is 16.2 Å². The number of aromatic nitrogens is 2. The van der Waals surface area contributed by atoms with Gasteiger partial charge in [0.2, 0.25) is 11.6 Å². The standard InChI is InChI=1S/C18H15FN6O3/c1-11-4-2-3-5-14(11)22-16-15(25(27)28)17(21-10-20-16)23-24-18(26)12-6-8-13(19)9-7-12/h2-10H,1H3,(H,24,26)(H2,20,21,22,23). The highest BCUT2D eigenvalue weighted by Gasteiger charge is 2.24. The molecule has 0 radical (unpaired) electrons. The van der Waals surface area contributed by atoms with Gasteiger partial charge in [-0.05, 0) is 42.8 Å². The fraction of sp³-hybridized carbons (Fsp3) is 0.0556. The minimum Gasteiger partial charge on any atom is -0.334 e. The summed E-state index contributed by atoms with van der Waals surface area (Å²) in [5.41, 5.74) is 5.97. The lowest BCUT2D eigenvalue weighted by atomic mass is 10.2. The fourth-order valence-corrected chi connectivity index (χ4v) is 2.36. The molecular formula is C18H15FN6O3. The van der Waals surface area contributed by atoms with Crippen molar-refractivity contribution in [2.75, 3.05) is 10.7 Å². The molecule has 0 spiro atoms. The number of carbonyl (C=O) groups is 1. The maximum Gasteiger partial charge on any atom is 0.355 e. The van der Waals surface area contributed by atoms with Crippen LogP contribution in [0, 0.1) is 22.9 Å². The third-order valence-electron chi connectivity index (χ3n) is 3.80. The number of anilines is 3. The maximum atomic E-state index is 12.9. The zero-order chi connectivity index (χ0) is 20.1. The summed E-state index contributed by atoms with van der Waals surface area (Å²) in [6.07, 6.45) is 1.12. The van der Waals surface area contributed by atoms with Crippen molar-refractivity contribution in [3.8, 4) is 0 Å². The molecule has 0 bridgehead atoms. The second-order valence-corrected chi connectivity index (χ2v) is 5.70. The van der Waals surface area contributed by atoms with E-state index in [2.05, 4.69) is 26.1 Å². The number of halogens is 1. The van der Waals surface area contributed by atoms with Crippen molar-refractivity contribution < 1.29 is 14.1 Å². The van der Waals surface area contributed by atoms with E-state index in [0.717, 1.165) is 24.0 Å². The highest BCUT2D eigenvalue weighted by atomic mass is 19.1. The Balaban J connectivity index is 1.83. The number of amides is 1. The van der Waals surface area contributed by atoms with Crippen LogP contribution in [0.2, 0.25) is 0 Å². The first-order valence-electron chi connectivity index (χ1n) is 8.09. The smallest absolute Gasteiger partial charge is 0.334 e. The molecule has 3 aromatic rings. The number of benzene rings is 2. The number of rotatable bonds is 6. The second-order valence-electron chi connectivity index (χ2n) is 5.70. The normalized spacial score (nSPS) is 10.2. The summed E-state index contributed by atoms with van der Waals surface area (Å²) in [4.78, 5) is 30.8. The molecule has 28 heavy (non-hydrogen) atoms. The number of aryl methyl sites for hydroxylation is 1. The summed E-state index contributed by atoms with van der Waals surface area (Å²) in [7, 11) is 0. The zero-order valence-corrected chi connectivity index (χ0v) is 14.6. The van der Waals surface area contributed by atoms with E-state index in [1.54, 1.807) is 12.1 Å². The Hall–Kier alpha value is -4.08. The molecule has 0 unspecified atom stereocenters. The lowest BCUT2D eigenvalue weighted by Crippen LogP contribution is -2.30. The van der Waals surface area contributed by atoms with E-state index in [1.807, 2.05) is 19.1 Å². The lowest BCUT2D eigenvalue weighted by molar-refractivity contribution is -0.383. The summed E-state index contributed by atoms with van der Waals surface area (Å²) < 4.78 is 12.9. The topological polar surface area (TPSA) is 122 Å². The first kappa shape index (κ1) is 18.7. The van der Waals surface area contributed by atoms with Gasteiger partial charge >= 0.3 is 5.69 Å².